The lowest BCUT2D eigenvalue weighted by molar-refractivity contribution is -0.130. The maximum absolute atomic E-state index is 12.6. The van der Waals surface area contributed by atoms with Gasteiger partial charge in [0.1, 0.15) is 0 Å². The van der Waals surface area contributed by atoms with Crippen LogP contribution in [0.3, 0.4) is 0 Å². The summed E-state index contributed by atoms with van der Waals surface area (Å²) in [6.07, 6.45) is 2.22. The zero-order chi connectivity index (χ0) is 19.4. The van der Waals surface area contributed by atoms with E-state index in [1.165, 1.54) is 0 Å². The van der Waals surface area contributed by atoms with Crippen molar-refractivity contribution in [3.63, 3.8) is 0 Å². The van der Waals surface area contributed by atoms with Gasteiger partial charge in [0.15, 0.2) is 0 Å². The topological polar surface area (TPSA) is 64.7 Å². The summed E-state index contributed by atoms with van der Waals surface area (Å²) in [6.45, 7) is 9.18. The van der Waals surface area contributed by atoms with E-state index >= 15 is 0 Å². The lowest BCUT2D eigenvalue weighted by Gasteiger charge is -2.39. The molecule has 2 aliphatic rings. The van der Waals surface area contributed by atoms with Gasteiger partial charge < -0.3 is 10.6 Å². The number of piperazine rings is 1. The molecule has 0 bridgehead atoms. The second-order valence-corrected chi connectivity index (χ2v) is 7.85. The molecule has 2 amide bonds. The molecule has 1 aromatic rings. The van der Waals surface area contributed by atoms with Crippen molar-refractivity contribution in [2.75, 3.05) is 26.2 Å². The maximum Gasteiger partial charge on any atom is 0.237 e. The number of hydrogen-bond acceptors (Lipinski definition) is 4. The Hall–Kier alpha value is -1.92. The molecular weight excluding hydrogens is 340 g/mol. The first-order valence-corrected chi connectivity index (χ1v) is 10.1. The summed E-state index contributed by atoms with van der Waals surface area (Å²) in [5.74, 6) is 0.188. The number of benzene rings is 1. The fourth-order valence-electron chi connectivity index (χ4n) is 3.55. The van der Waals surface area contributed by atoms with Crippen LogP contribution in [-0.4, -0.2) is 65.9 Å². The number of nitrogens with one attached hydrogen (secondary N) is 2. The van der Waals surface area contributed by atoms with Crippen LogP contribution in [0.2, 0.25) is 0 Å². The lowest BCUT2D eigenvalue weighted by atomic mass is 10.1. The summed E-state index contributed by atoms with van der Waals surface area (Å²) in [7, 11) is 0. The highest BCUT2D eigenvalue weighted by Gasteiger charge is 2.32. The molecule has 1 saturated carbocycles. The Bertz CT molecular complexity index is 639. The molecule has 1 saturated heterocycles. The third-order valence-electron chi connectivity index (χ3n) is 5.79. The summed E-state index contributed by atoms with van der Waals surface area (Å²) in [5.41, 5.74) is 1.11. The number of hydrogen-bond donors (Lipinski definition) is 2. The molecule has 6 nitrogen and oxygen atoms in total. The minimum atomic E-state index is -0.172. The van der Waals surface area contributed by atoms with Crippen molar-refractivity contribution in [1.29, 1.82) is 0 Å². The van der Waals surface area contributed by atoms with Crippen molar-refractivity contribution in [3.8, 4) is 0 Å². The van der Waals surface area contributed by atoms with Gasteiger partial charge in [-0.3, -0.25) is 19.4 Å². The summed E-state index contributed by atoms with van der Waals surface area (Å²) in [6, 6.07) is 10.1. The van der Waals surface area contributed by atoms with Gasteiger partial charge in [0.25, 0.3) is 0 Å². The van der Waals surface area contributed by atoms with Gasteiger partial charge >= 0.3 is 0 Å². The molecule has 2 N–H and O–H groups in total. The first-order valence-electron chi connectivity index (χ1n) is 10.1. The number of rotatable bonds is 7. The van der Waals surface area contributed by atoms with Crippen LogP contribution in [0.15, 0.2) is 30.3 Å². The van der Waals surface area contributed by atoms with Crippen molar-refractivity contribution in [2.24, 2.45) is 0 Å². The number of carbonyl (C=O) groups is 2. The fourth-order valence-corrected chi connectivity index (χ4v) is 3.55. The molecule has 3 unspecified atom stereocenters. The van der Waals surface area contributed by atoms with Crippen LogP contribution >= 0.6 is 0 Å². The van der Waals surface area contributed by atoms with E-state index in [-0.39, 0.29) is 29.9 Å². The molecule has 6 heteroatoms. The van der Waals surface area contributed by atoms with Gasteiger partial charge in [-0.25, -0.2) is 0 Å². The average molecular weight is 373 g/mol. The van der Waals surface area contributed by atoms with Crippen LogP contribution in [0.1, 0.15) is 45.2 Å². The van der Waals surface area contributed by atoms with Crippen molar-refractivity contribution in [3.05, 3.63) is 35.9 Å². The molecule has 1 aliphatic carbocycles. The third-order valence-corrected chi connectivity index (χ3v) is 5.79. The second kappa shape index (κ2) is 8.85. The monoisotopic (exact) mass is 372 g/mol. The highest BCUT2D eigenvalue weighted by molar-refractivity contribution is 5.82. The standard InChI is InChI=1S/C21H32N4O2/c1-15(18-7-5-4-6-8-18)22-20(26)16(2)24-11-13-25(14-12-24)17(3)21(27)23-19-9-10-19/h4-8,15-17,19H,9-14H2,1-3H3,(H,22,26)(H,23,27). The van der Waals surface area contributed by atoms with Crippen molar-refractivity contribution < 1.29 is 9.59 Å². The molecular formula is C21H32N4O2. The smallest absolute Gasteiger partial charge is 0.237 e. The molecule has 27 heavy (non-hydrogen) atoms. The molecule has 1 aromatic carbocycles. The van der Waals surface area contributed by atoms with Gasteiger partial charge in [-0.05, 0) is 39.2 Å². The average Bonchev–Trinajstić information content (AvgIpc) is 3.51. The summed E-state index contributed by atoms with van der Waals surface area (Å²) >= 11 is 0. The van der Waals surface area contributed by atoms with Gasteiger partial charge in [0.05, 0.1) is 18.1 Å². The highest BCUT2D eigenvalue weighted by atomic mass is 16.2. The SMILES string of the molecule is CC(NC(=O)C(C)N1CCN(C(C)C(=O)NC2CC2)CC1)c1ccccc1. The summed E-state index contributed by atoms with van der Waals surface area (Å²) in [4.78, 5) is 29.3. The first-order chi connectivity index (χ1) is 13.0. The van der Waals surface area contributed by atoms with Crippen molar-refractivity contribution >= 4 is 11.8 Å². The fraction of sp³-hybridized carbons (Fsp3) is 0.619. The largest absolute Gasteiger partial charge is 0.352 e. The zero-order valence-corrected chi connectivity index (χ0v) is 16.6. The molecule has 0 spiro atoms. The van der Waals surface area contributed by atoms with E-state index in [0.717, 1.165) is 44.6 Å². The predicted molar refractivity (Wildman–Crippen MR) is 106 cm³/mol. The summed E-state index contributed by atoms with van der Waals surface area (Å²) in [5, 5.41) is 6.20. The number of nitrogens with zero attached hydrogens (tertiary/aromatic N) is 2. The Morgan fingerprint density at radius 2 is 1.41 bits per heavy atom. The minimum Gasteiger partial charge on any atom is -0.352 e. The van der Waals surface area contributed by atoms with Crippen molar-refractivity contribution in [1.82, 2.24) is 20.4 Å². The summed E-state index contributed by atoms with van der Waals surface area (Å²) < 4.78 is 0. The van der Waals surface area contributed by atoms with E-state index in [9.17, 15) is 9.59 Å². The molecule has 0 aromatic heterocycles. The van der Waals surface area contributed by atoms with E-state index in [0.29, 0.717) is 6.04 Å². The quantitative estimate of drug-likeness (QED) is 0.762. The van der Waals surface area contributed by atoms with E-state index in [4.69, 9.17) is 0 Å². The Morgan fingerprint density at radius 3 is 1.93 bits per heavy atom. The molecule has 1 aliphatic heterocycles. The molecule has 1 heterocycles. The minimum absolute atomic E-state index is 0.00594. The van der Waals surface area contributed by atoms with E-state index in [2.05, 4.69) is 20.4 Å². The van der Waals surface area contributed by atoms with Crippen molar-refractivity contribution in [2.45, 2.75) is 57.8 Å². The molecule has 3 atom stereocenters. The molecule has 2 fully saturated rings. The Balaban J connectivity index is 1.45. The Labute approximate surface area is 162 Å². The highest BCUT2D eigenvalue weighted by Crippen LogP contribution is 2.19. The first kappa shape index (κ1) is 19.8. The molecule has 3 rings (SSSR count). The van der Waals surface area contributed by atoms with E-state index < -0.39 is 0 Å². The molecule has 0 radical (unpaired) electrons. The van der Waals surface area contributed by atoms with Crippen LogP contribution in [-0.2, 0) is 9.59 Å². The van der Waals surface area contributed by atoms with Gasteiger partial charge in [-0.1, -0.05) is 30.3 Å². The maximum atomic E-state index is 12.6. The van der Waals surface area contributed by atoms with Gasteiger partial charge in [0.2, 0.25) is 11.8 Å². The van der Waals surface area contributed by atoms with Crippen LogP contribution in [0, 0.1) is 0 Å². The lowest BCUT2D eigenvalue weighted by Crippen LogP contribution is -2.57. The Morgan fingerprint density at radius 1 is 0.889 bits per heavy atom. The van der Waals surface area contributed by atoms with Crippen LogP contribution in [0.4, 0.5) is 0 Å². The predicted octanol–water partition coefficient (Wildman–Crippen LogP) is 1.54. The third kappa shape index (κ3) is 5.30. The van der Waals surface area contributed by atoms with Crippen LogP contribution < -0.4 is 10.6 Å². The van der Waals surface area contributed by atoms with E-state index in [1.54, 1.807) is 0 Å². The number of carbonyl (C=O) groups excluding carboxylic acids is 2. The number of amides is 2. The van der Waals surface area contributed by atoms with Gasteiger partial charge in [-0.2, -0.15) is 0 Å². The van der Waals surface area contributed by atoms with Crippen LogP contribution in [0.5, 0.6) is 0 Å². The van der Waals surface area contributed by atoms with Crippen LogP contribution in [0.25, 0.3) is 0 Å². The van der Waals surface area contributed by atoms with Gasteiger partial charge in [-0.15, -0.1) is 0 Å². The normalized spacial score (nSPS) is 21.9. The molecule has 148 valence electrons. The second-order valence-electron chi connectivity index (χ2n) is 7.85. The zero-order valence-electron chi connectivity index (χ0n) is 16.6. The van der Waals surface area contributed by atoms with Gasteiger partial charge in [0, 0.05) is 32.2 Å². The van der Waals surface area contributed by atoms with E-state index in [1.807, 2.05) is 51.1 Å². The Kier molecular flexibility index (Phi) is 6.50.